The third-order valence-electron chi connectivity index (χ3n) is 5.29. The van der Waals surface area contributed by atoms with Crippen LogP contribution in [0.2, 0.25) is 0 Å². The molecule has 3 aromatic rings. The van der Waals surface area contributed by atoms with E-state index in [9.17, 15) is 0 Å². The summed E-state index contributed by atoms with van der Waals surface area (Å²) in [6, 6.07) is 31.4. The van der Waals surface area contributed by atoms with Crippen molar-refractivity contribution in [2.45, 2.75) is 10.1 Å². The molecule has 4 heteroatoms. The molecule has 0 aromatic heterocycles. The summed E-state index contributed by atoms with van der Waals surface area (Å²) in [4.78, 5) is 0. The molecule has 0 aliphatic heterocycles. The van der Waals surface area contributed by atoms with Gasteiger partial charge in [-0.25, -0.2) is 0 Å². The van der Waals surface area contributed by atoms with Crippen LogP contribution in [0.25, 0.3) is 6.08 Å². The summed E-state index contributed by atoms with van der Waals surface area (Å²) in [7, 11) is -0.496. The van der Waals surface area contributed by atoms with E-state index in [1.807, 2.05) is 0 Å². The van der Waals surface area contributed by atoms with Crippen LogP contribution in [0.3, 0.4) is 0 Å². The Kier molecular flexibility index (Phi) is 7.86. The summed E-state index contributed by atoms with van der Waals surface area (Å²) in [5.41, 5.74) is 3.02. The Hall–Kier alpha value is -1.96. The van der Waals surface area contributed by atoms with Crippen molar-refractivity contribution in [1.82, 2.24) is 0 Å². The van der Waals surface area contributed by atoms with Gasteiger partial charge in [0.25, 0.3) is 0 Å². The molecule has 5 rings (SSSR count). The molecule has 0 nitrogen and oxygen atoms in total. The van der Waals surface area contributed by atoms with Crippen molar-refractivity contribution in [3.8, 4) is 0 Å². The molecule has 148 valence electrons. The van der Waals surface area contributed by atoms with Crippen LogP contribution in [0.1, 0.15) is 21.2 Å². The van der Waals surface area contributed by atoms with Gasteiger partial charge in [-0.2, -0.15) is 0 Å². The molecule has 0 saturated heterocycles. The van der Waals surface area contributed by atoms with Crippen LogP contribution >= 0.6 is 7.92 Å². The number of hydrogen-bond acceptors (Lipinski definition) is 0. The Morgan fingerprint density at radius 3 is 1.93 bits per heavy atom. The minimum Gasteiger partial charge on any atom is -1.00 e. The van der Waals surface area contributed by atoms with Crippen molar-refractivity contribution in [3.63, 3.8) is 0 Å². The fourth-order valence-electron chi connectivity index (χ4n) is 3.99. The van der Waals surface area contributed by atoms with Gasteiger partial charge in [-0.05, 0) is 0 Å². The predicted molar refractivity (Wildman–Crippen MR) is 118 cm³/mol. The summed E-state index contributed by atoms with van der Waals surface area (Å²) in [5, 5.41) is 4.61. The monoisotopic (exact) mass is 582 g/mol. The van der Waals surface area contributed by atoms with E-state index in [-0.39, 0.29) is 9.41 Å². The maximum Gasteiger partial charge on any atom is -1.00 e. The van der Waals surface area contributed by atoms with Crippen molar-refractivity contribution in [2.24, 2.45) is 0 Å². The van der Waals surface area contributed by atoms with E-state index < -0.39 is 30.8 Å². The fraction of sp³-hybridized carbons (Fsp3) is 0.0769. The number of rotatable bonds is 5. The van der Waals surface area contributed by atoms with E-state index in [1.54, 1.807) is 14.2 Å². The molecule has 0 radical (unpaired) electrons. The smallest absolute Gasteiger partial charge is 1.00 e. The molecule has 0 spiro atoms. The number of hydrogen-bond donors (Lipinski definition) is 0. The zero-order valence-electron chi connectivity index (χ0n) is 16.4. The normalized spacial score (nSPS) is 16.1. The van der Waals surface area contributed by atoms with Crippen molar-refractivity contribution in [1.29, 1.82) is 0 Å². The van der Waals surface area contributed by atoms with Gasteiger partial charge in [-0.3, -0.25) is 0 Å². The van der Waals surface area contributed by atoms with E-state index in [2.05, 4.69) is 109 Å². The largest absolute Gasteiger partial charge is 1.00 e. The molecule has 0 saturated carbocycles. The average Bonchev–Trinajstić information content (AvgIpc) is 3.39. The molecule has 2 aliphatic rings. The van der Waals surface area contributed by atoms with E-state index in [1.165, 1.54) is 22.6 Å². The van der Waals surface area contributed by atoms with Crippen molar-refractivity contribution in [3.05, 3.63) is 123 Å². The first-order valence-corrected chi connectivity index (χ1v) is 14.9. The van der Waals surface area contributed by atoms with Gasteiger partial charge >= 0.3 is 181 Å². The van der Waals surface area contributed by atoms with Gasteiger partial charge in [0.2, 0.25) is 0 Å². The summed E-state index contributed by atoms with van der Waals surface area (Å²) < 4.78 is 2.40. The van der Waals surface area contributed by atoms with Crippen LogP contribution in [-0.2, 0) is 22.9 Å². The van der Waals surface area contributed by atoms with Crippen molar-refractivity contribution < 1.29 is 32.3 Å². The summed E-state index contributed by atoms with van der Waals surface area (Å²) >= 11 is -1.00. The number of fused-ring (bicyclic) bond motifs is 1. The van der Waals surface area contributed by atoms with Gasteiger partial charge in [0.15, 0.2) is 0 Å². The quantitative estimate of drug-likeness (QED) is 0.298. The van der Waals surface area contributed by atoms with E-state index in [0.717, 1.165) is 0 Å². The molecule has 0 amide bonds. The fourth-order valence-corrected chi connectivity index (χ4v) is 13.6. The zero-order valence-corrected chi connectivity index (χ0v) is 20.9. The second-order valence-corrected chi connectivity index (χ2v) is 14.7. The Bertz CT molecular complexity index is 1030. The van der Waals surface area contributed by atoms with Gasteiger partial charge in [0.05, 0.1) is 0 Å². The summed E-state index contributed by atoms with van der Waals surface area (Å²) in [6.45, 7) is 0. The molecule has 0 bridgehead atoms. The molecular formula is C26H21F2HfP. The van der Waals surface area contributed by atoms with Crippen molar-refractivity contribution in [2.75, 3.05) is 0 Å². The van der Waals surface area contributed by atoms with Gasteiger partial charge < -0.3 is 9.41 Å². The molecule has 0 N–H and O–H groups in total. The van der Waals surface area contributed by atoms with Crippen LogP contribution < -0.4 is 20.0 Å². The zero-order chi connectivity index (χ0) is 18.8. The van der Waals surface area contributed by atoms with Gasteiger partial charge in [0, 0.05) is 0 Å². The van der Waals surface area contributed by atoms with E-state index >= 15 is 0 Å². The second kappa shape index (κ2) is 10.4. The van der Waals surface area contributed by atoms with Crippen LogP contribution in [0.4, 0.5) is 0 Å². The molecule has 30 heavy (non-hydrogen) atoms. The standard InChI is InChI=1S/C21H16P.C5H5.2FH.Hf/c1-3-11-19(12-4-1)22(20-13-5-2-6-14-20)21-15-17-9-7-8-10-18(17)16-21;1-2-4-5-3-1;;;/h1-16H;1-3H,4H2;2*1H;/q;;;;+2/p-2. The second-order valence-electron chi connectivity index (χ2n) is 7.11. The molecule has 3 aromatic carbocycles. The van der Waals surface area contributed by atoms with E-state index in [0.29, 0.717) is 3.67 Å². The first-order valence-electron chi connectivity index (χ1n) is 9.73. The predicted octanol–water partition coefficient (Wildman–Crippen LogP) is 0.149. The summed E-state index contributed by atoms with van der Waals surface area (Å²) in [6.07, 6.45) is 10.7. The Morgan fingerprint density at radius 2 is 1.33 bits per heavy atom. The maximum atomic E-state index is 2.53. The number of allylic oxidation sites excluding steroid dienone is 5. The first-order chi connectivity index (χ1) is 13.9. The van der Waals surface area contributed by atoms with E-state index in [4.69, 9.17) is 0 Å². The molecule has 2 aliphatic carbocycles. The molecule has 1 unspecified atom stereocenters. The summed E-state index contributed by atoms with van der Waals surface area (Å²) in [5.74, 6) is 0. The molecule has 0 fully saturated rings. The Balaban J connectivity index is 0.00000128. The maximum absolute atomic E-state index is 2.53. The Labute approximate surface area is 189 Å². The average molecular weight is 581 g/mol. The SMILES string of the molecule is C1=CC[C]([Hf+2][CH]2C(P(c3ccccc3)c3ccccc3)=Cc3ccccc32)=C1.[F-].[F-]. The molecule has 1 atom stereocenters. The Morgan fingerprint density at radius 1 is 0.733 bits per heavy atom. The minimum atomic E-state index is -1.00. The topological polar surface area (TPSA) is 0 Å². The van der Waals surface area contributed by atoms with Gasteiger partial charge in [-0.1, -0.05) is 0 Å². The molecular weight excluding hydrogens is 560 g/mol. The van der Waals surface area contributed by atoms with Crippen LogP contribution in [0.5, 0.6) is 0 Å². The van der Waals surface area contributed by atoms with Crippen LogP contribution in [0, 0.1) is 0 Å². The minimum absolute atomic E-state index is 0. The third kappa shape index (κ3) is 4.53. The first kappa shape index (κ1) is 22.7. The third-order valence-corrected chi connectivity index (χ3v) is 14.6. The van der Waals surface area contributed by atoms with Crippen molar-refractivity contribution >= 4 is 24.6 Å². The van der Waals surface area contributed by atoms with Crippen LogP contribution in [0.15, 0.2) is 112 Å². The van der Waals surface area contributed by atoms with Gasteiger partial charge in [0.1, 0.15) is 0 Å². The number of halogens is 2. The molecule has 0 heterocycles. The van der Waals surface area contributed by atoms with Gasteiger partial charge in [-0.15, -0.1) is 0 Å². The number of benzene rings is 3. The van der Waals surface area contributed by atoms with Crippen LogP contribution in [-0.4, -0.2) is 0 Å².